The number of nitrogens with one attached hydrogen (secondary N) is 1. The summed E-state index contributed by atoms with van der Waals surface area (Å²) < 4.78 is 0. The number of hydrogen-bond donors (Lipinski definition) is 2. The molecule has 0 unspecified atom stereocenters. The van der Waals surface area contributed by atoms with E-state index in [4.69, 9.17) is 5.73 Å². The minimum atomic E-state index is 0.610. The fourth-order valence-corrected chi connectivity index (χ4v) is 2.50. The molecule has 0 amide bonds. The molecule has 0 aliphatic heterocycles. The number of aromatic nitrogens is 2. The Hall–Kier alpha value is -0.970. The summed E-state index contributed by atoms with van der Waals surface area (Å²) in [5, 5.41) is 3.39. The average molecular weight is 282 g/mol. The van der Waals surface area contributed by atoms with E-state index in [2.05, 4.69) is 28.5 Å². The Labute approximate surface area is 121 Å². The van der Waals surface area contributed by atoms with Gasteiger partial charge >= 0.3 is 0 Å². The van der Waals surface area contributed by atoms with Gasteiger partial charge in [-0.15, -0.1) is 0 Å². The van der Waals surface area contributed by atoms with Crippen LogP contribution in [-0.2, 0) is 6.42 Å². The fourth-order valence-electron chi connectivity index (χ4n) is 2.01. The second kappa shape index (κ2) is 9.89. The number of hydrogen-bond acceptors (Lipinski definition) is 5. The van der Waals surface area contributed by atoms with Crippen LogP contribution in [0.2, 0.25) is 0 Å². The molecule has 0 fully saturated rings. The molecule has 0 radical (unpaired) electrons. The predicted molar refractivity (Wildman–Crippen MR) is 85.8 cm³/mol. The van der Waals surface area contributed by atoms with Gasteiger partial charge < -0.3 is 11.1 Å². The molecule has 0 aliphatic carbocycles. The van der Waals surface area contributed by atoms with Gasteiger partial charge in [-0.3, -0.25) is 0 Å². The van der Waals surface area contributed by atoms with E-state index >= 15 is 0 Å². The molecule has 0 saturated heterocycles. The molecule has 19 heavy (non-hydrogen) atoms. The number of unbranched alkanes of at least 4 members (excludes halogenated alkanes) is 3. The summed E-state index contributed by atoms with van der Waals surface area (Å²) in [5.74, 6) is 2.80. The molecule has 5 heteroatoms. The van der Waals surface area contributed by atoms with E-state index in [1.807, 2.05) is 11.8 Å². The van der Waals surface area contributed by atoms with Crippen LogP contribution in [0.1, 0.15) is 44.6 Å². The number of nitrogen functional groups attached to an aromatic ring is 1. The van der Waals surface area contributed by atoms with E-state index in [1.165, 1.54) is 37.8 Å². The second-order valence-electron chi connectivity index (χ2n) is 4.67. The fraction of sp³-hybridized carbons (Fsp3) is 0.714. The van der Waals surface area contributed by atoms with E-state index in [1.54, 1.807) is 0 Å². The molecule has 1 heterocycles. The molecule has 0 aromatic carbocycles. The van der Waals surface area contributed by atoms with Crippen LogP contribution in [-0.4, -0.2) is 28.5 Å². The monoisotopic (exact) mass is 282 g/mol. The van der Waals surface area contributed by atoms with Gasteiger partial charge in [0, 0.05) is 12.1 Å². The van der Waals surface area contributed by atoms with Crippen molar-refractivity contribution in [2.24, 2.45) is 0 Å². The van der Waals surface area contributed by atoms with E-state index in [0.717, 1.165) is 30.8 Å². The van der Waals surface area contributed by atoms with Crippen LogP contribution in [0.3, 0.4) is 0 Å². The van der Waals surface area contributed by atoms with E-state index in [0.29, 0.717) is 5.82 Å². The van der Waals surface area contributed by atoms with Gasteiger partial charge in [-0.2, -0.15) is 11.8 Å². The van der Waals surface area contributed by atoms with Gasteiger partial charge in [0.1, 0.15) is 18.0 Å². The van der Waals surface area contributed by atoms with Crippen LogP contribution in [0, 0.1) is 0 Å². The minimum Gasteiger partial charge on any atom is -0.383 e. The van der Waals surface area contributed by atoms with E-state index < -0.39 is 0 Å². The lowest BCUT2D eigenvalue weighted by molar-refractivity contribution is 0.687. The van der Waals surface area contributed by atoms with Crippen molar-refractivity contribution in [1.29, 1.82) is 0 Å². The van der Waals surface area contributed by atoms with Crippen molar-refractivity contribution in [1.82, 2.24) is 9.97 Å². The van der Waals surface area contributed by atoms with Crippen LogP contribution < -0.4 is 11.1 Å². The lowest BCUT2D eigenvalue weighted by atomic mass is 10.1. The van der Waals surface area contributed by atoms with Crippen molar-refractivity contribution in [3.05, 3.63) is 11.9 Å². The summed E-state index contributed by atoms with van der Waals surface area (Å²) in [5.41, 5.74) is 6.96. The summed E-state index contributed by atoms with van der Waals surface area (Å²) in [6.45, 7) is 3.11. The van der Waals surface area contributed by atoms with Crippen LogP contribution in [0.5, 0.6) is 0 Å². The Balaban J connectivity index is 2.30. The normalized spacial score (nSPS) is 10.6. The van der Waals surface area contributed by atoms with Crippen molar-refractivity contribution < 1.29 is 0 Å². The first-order chi connectivity index (χ1) is 9.29. The molecule has 1 rings (SSSR count). The molecule has 0 aliphatic rings. The van der Waals surface area contributed by atoms with Crippen molar-refractivity contribution >= 4 is 23.4 Å². The van der Waals surface area contributed by atoms with Crippen molar-refractivity contribution in [3.8, 4) is 0 Å². The predicted octanol–water partition coefficient (Wildman–Crippen LogP) is 3.35. The molecule has 1 aromatic heterocycles. The third-order valence-electron chi connectivity index (χ3n) is 3.05. The first-order valence-electron chi connectivity index (χ1n) is 7.11. The van der Waals surface area contributed by atoms with Gasteiger partial charge in [0.05, 0.1) is 0 Å². The van der Waals surface area contributed by atoms with Crippen LogP contribution in [0.25, 0.3) is 0 Å². The molecule has 108 valence electrons. The third kappa shape index (κ3) is 6.14. The molecular formula is C14H26N4S. The Bertz CT molecular complexity index is 357. The molecule has 1 aromatic rings. The first-order valence-corrected chi connectivity index (χ1v) is 8.51. The van der Waals surface area contributed by atoms with Gasteiger partial charge in [0.25, 0.3) is 0 Å². The summed E-state index contributed by atoms with van der Waals surface area (Å²) in [7, 11) is 0. The summed E-state index contributed by atoms with van der Waals surface area (Å²) in [6, 6.07) is 0. The van der Waals surface area contributed by atoms with Gasteiger partial charge in [-0.05, 0) is 31.3 Å². The van der Waals surface area contributed by atoms with E-state index in [9.17, 15) is 0 Å². The van der Waals surface area contributed by atoms with Crippen molar-refractivity contribution in [2.45, 2.75) is 45.4 Å². The highest BCUT2D eigenvalue weighted by Gasteiger charge is 2.07. The highest BCUT2D eigenvalue weighted by atomic mass is 32.2. The maximum atomic E-state index is 5.90. The highest BCUT2D eigenvalue weighted by Crippen LogP contribution is 2.19. The maximum absolute atomic E-state index is 5.90. The highest BCUT2D eigenvalue weighted by molar-refractivity contribution is 7.98. The van der Waals surface area contributed by atoms with Crippen molar-refractivity contribution in [3.63, 3.8) is 0 Å². The number of nitrogens with two attached hydrogens (primary N) is 1. The summed E-state index contributed by atoms with van der Waals surface area (Å²) >= 11 is 1.92. The molecule has 4 nitrogen and oxygen atoms in total. The van der Waals surface area contributed by atoms with Crippen molar-refractivity contribution in [2.75, 3.05) is 29.6 Å². The Morgan fingerprint density at radius 3 is 2.74 bits per heavy atom. The van der Waals surface area contributed by atoms with Gasteiger partial charge in [-0.1, -0.05) is 26.2 Å². The molecule has 3 N–H and O–H groups in total. The van der Waals surface area contributed by atoms with Gasteiger partial charge in [0.2, 0.25) is 0 Å². The van der Waals surface area contributed by atoms with E-state index in [-0.39, 0.29) is 0 Å². The molecule has 0 saturated carbocycles. The zero-order valence-electron chi connectivity index (χ0n) is 12.1. The average Bonchev–Trinajstić information content (AvgIpc) is 2.41. The largest absolute Gasteiger partial charge is 0.383 e. The Morgan fingerprint density at radius 1 is 1.21 bits per heavy atom. The number of rotatable bonds is 10. The second-order valence-corrected chi connectivity index (χ2v) is 5.66. The molecule has 0 bridgehead atoms. The maximum Gasteiger partial charge on any atom is 0.134 e. The number of nitrogens with zero attached hydrogens (tertiary/aromatic N) is 2. The Morgan fingerprint density at radius 2 is 2.00 bits per heavy atom. The lowest BCUT2D eigenvalue weighted by Gasteiger charge is -2.11. The van der Waals surface area contributed by atoms with Crippen LogP contribution >= 0.6 is 11.8 Å². The minimum absolute atomic E-state index is 0.610. The molecule has 0 spiro atoms. The standard InChI is InChI=1S/C14H26N4S/c1-3-8-12-13(15)17-11-18-14(12)16-9-6-4-5-7-10-19-2/h11H,3-10H2,1-2H3,(H3,15,16,17,18). The zero-order valence-corrected chi connectivity index (χ0v) is 12.9. The molecular weight excluding hydrogens is 256 g/mol. The lowest BCUT2D eigenvalue weighted by Crippen LogP contribution is -2.09. The first kappa shape index (κ1) is 16.1. The zero-order chi connectivity index (χ0) is 13.9. The molecule has 0 atom stereocenters. The van der Waals surface area contributed by atoms with Gasteiger partial charge in [-0.25, -0.2) is 9.97 Å². The quantitative estimate of drug-likeness (QED) is 0.644. The van der Waals surface area contributed by atoms with Crippen LogP contribution in [0.4, 0.5) is 11.6 Å². The number of anilines is 2. The smallest absolute Gasteiger partial charge is 0.134 e. The summed E-state index contributed by atoms with van der Waals surface area (Å²) in [6.07, 6.45) is 10.8. The summed E-state index contributed by atoms with van der Waals surface area (Å²) in [4.78, 5) is 8.36. The topological polar surface area (TPSA) is 63.8 Å². The third-order valence-corrected chi connectivity index (χ3v) is 3.74. The SMILES string of the molecule is CCCc1c(N)ncnc1NCCCCCCSC. The van der Waals surface area contributed by atoms with Gasteiger partial charge in [0.15, 0.2) is 0 Å². The van der Waals surface area contributed by atoms with Crippen LogP contribution in [0.15, 0.2) is 6.33 Å². The number of thioether (sulfide) groups is 1. The Kier molecular flexibility index (Phi) is 8.38.